The largest absolute Gasteiger partial charge is 0.484 e. The summed E-state index contributed by atoms with van der Waals surface area (Å²) in [6.45, 7) is 2.11. The molecule has 142 valence electrons. The second kappa shape index (κ2) is 12.1. The number of primary amides is 1. The summed E-state index contributed by atoms with van der Waals surface area (Å²) in [5, 5.41) is 10.7. The molecule has 26 heavy (non-hydrogen) atoms. The fourth-order valence-electron chi connectivity index (χ4n) is 2.19. The molecule has 0 aliphatic carbocycles. The molecule has 0 aliphatic rings. The maximum Gasteiger partial charge on any atom is 0.255 e. The highest BCUT2D eigenvalue weighted by Gasteiger charge is 2.02. The molecule has 0 radical (unpaired) electrons. The fourth-order valence-corrected chi connectivity index (χ4v) is 2.19. The van der Waals surface area contributed by atoms with Crippen molar-refractivity contribution >= 4 is 35.8 Å². The number of nitrogens with two attached hydrogens (primary N) is 1. The Morgan fingerprint density at radius 1 is 1.35 bits per heavy atom. The van der Waals surface area contributed by atoms with Crippen molar-refractivity contribution in [3.05, 3.63) is 48.3 Å². The lowest BCUT2D eigenvalue weighted by atomic mass is 10.2. The van der Waals surface area contributed by atoms with Crippen molar-refractivity contribution in [3.8, 4) is 5.75 Å². The molecule has 2 aromatic rings. The van der Waals surface area contributed by atoms with E-state index < -0.39 is 5.91 Å². The molecule has 0 atom stereocenters. The van der Waals surface area contributed by atoms with Crippen LogP contribution in [-0.2, 0) is 17.9 Å². The first kappa shape index (κ1) is 21.7. The Morgan fingerprint density at radius 3 is 2.88 bits per heavy atom. The third-order valence-electron chi connectivity index (χ3n) is 3.38. The Hall–Kier alpha value is -2.30. The Bertz CT molecular complexity index is 690. The lowest BCUT2D eigenvalue weighted by Crippen LogP contribution is -2.37. The van der Waals surface area contributed by atoms with Gasteiger partial charge in [-0.15, -0.1) is 24.0 Å². The van der Waals surface area contributed by atoms with E-state index in [-0.39, 0.29) is 30.6 Å². The maximum absolute atomic E-state index is 10.8. The number of amides is 1. The van der Waals surface area contributed by atoms with Crippen LogP contribution in [0, 0.1) is 0 Å². The van der Waals surface area contributed by atoms with Crippen LogP contribution in [0.25, 0.3) is 0 Å². The van der Waals surface area contributed by atoms with E-state index in [1.165, 1.54) is 0 Å². The molecule has 9 heteroatoms. The molecule has 2 rings (SSSR count). The average Bonchev–Trinajstić information content (AvgIpc) is 3.13. The minimum absolute atomic E-state index is 0. The van der Waals surface area contributed by atoms with Gasteiger partial charge in [0, 0.05) is 39.1 Å². The van der Waals surface area contributed by atoms with Crippen LogP contribution in [-0.4, -0.2) is 41.8 Å². The lowest BCUT2D eigenvalue weighted by Gasteiger charge is -2.12. The zero-order valence-electron chi connectivity index (χ0n) is 14.7. The number of halogens is 1. The SMILES string of the molecule is CN=C(NCCCn1cccn1)NCc1cccc(OCC(N)=O)c1.I. The first-order valence-electron chi connectivity index (χ1n) is 8.09. The number of aryl methyl sites for hydroxylation is 1. The Labute approximate surface area is 170 Å². The molecule has 0 spiro atoms. The van der Waals surface area contributed by atoms with Crippen molar-refractivity contribution in [1.29, 1.82) is 0 Å². The lowest BCUT2D eigenvalue weighted by molar-refractivity contribution is -0.119. The average molecular weight is 472 g/mol. The number of guanidine groups is 1. The third kappa shape index (κ3) is 8.19. The molecule has 1 aromatic carbocycles. The first-order valence-corrected chi connectivity index (χ1v) is 8.09. The molecule has 0 saturated carbocycles. The van der Waals surface area contributed by atoms with E-state index in [0.717, 1.165) is 31.0 Å². The third-order valence-corrected chi connectivity index (χ3v) is 3.38. The quantitative estimate of drug-likeness (QED) is 0.220. The molecule has 8 nitrogen and oxygen atoms in total. The molecule has 1 amide bonds. The Balaban J connectivity index is 0.00000338. The van der Waals surface area contributed by atoms with E-state index in [0.29, 0.717) is 12.3 Å². The van der Waals surface area contributed by atoms with E-state index >= 15 is 0 Å². The van der Waals surface area contributed by atoms with Gasteiger partial charge in [-0.1, -0.05) is 12.1 Å². The van der Waals surface area contributed by atoms with Gasteiger partial charge in [0.2, 0.25) is 0 Å². The number of carbonyl (C=O) groups excluding carboxylic acids is 1. The van der Waals surface area contributed by atoms with Gasteiger partial charge in [-0.2, -0.15) is 5.10 Å². The molecule has 0 unspecified atom stereocenters. The molecule has 0 fully saturated rings. The van der Waals surface area contributed by atoms with Gasteiger partial charge in [0.15, 0.2) is 12.6 Å². The van der Waals surface area contributed by atoms with Gasteiger partial charge in [0.05, 0.1) is 0 Å². The van der Waals surface area contributed by atoms with Crippen LogP contribution in [0.15, 0.2) is 47.7 Å². The van der Waals surface area contributed by atoms with E-state index in [2.05, 4.69) is 20.7 Å². The number of aromatic nitrogens is 2. The molecule has 0 aliphatic heterocycles. The maximum atomic E-state index is 10.8. The number of hydrogen-bond donors (Lipinski definition) is 3. The van der Waals surface area contributed by atoms with Crippen LogP contribution in [0.1, 0.15) is 12.0 Å². The predicted octanol–water partition coefficient (Wildman–Crippen LogP) is 1.12. The number of benzene rings is 1. The van der Waals surface area contributed by atoms with E-state index in [1.54, 1.807) is 19.3 Å². The summed E-state index contributed by atoms with van der Waals surface area (Å²) in [6, 6.07) is 9.40. The van der Waals surface area contributed by atoms with Crippen LogP contribution in [0.3, 0.4) is 0 Å². The summed E-state index contributed by atoms with van der Waals surface area (Å²) in [6.07, 6.45) is 4.66. The fraction of sp³-hybridized carbons (Fsp3) is 0.353. The van der Waals surface area contributed by atoms with Crippen molar-refractivity contribution in [2.24, 2.45) is 10.7 Å². The van der Waals surface area contributed by atoms with Gasteiger partial charge in [-0.25, -0.2) is 0 Å². The smallest absolute Gasteiger partial charge is 0.255 e. The molecule has 0 bridgehead atoms. The number of nitrogens with zero attached hydrogens (tertiary/aromatic N) is 3. The van der Waals surface area contributed by atoms with Crippen molar-refractivity contribution < 1.29 is 9.53 Å². The number of ether oxygens (including phenoxy) is 1. The molecule has 1 heterocycles. The topological polar surface area (TPSA) is 107 Å². The summed E-state index contributed by atoms with van der Waals surface area (Å²) in [5.41, 5.74) is 6.09. The minimum atomic E-state index is -0.497. The van der Waals surface area contributed by atoms with Gasteiger partial charge in [0.1, 0.15) is 5.75 Å². The van der Waals surface area contributed by atoms with Crippen LogP contribution >= 0.6 is 24.0 Å². The summed E-state index contributed by atoms with van der Waals surface area (Å²) in [5.74, 6) is 0.840. The van der Waals surface area contributed by atoms with Gasteiger partial charge >= 0.3 is 0 Å². The predicted molar refractivity (Wildman–Crippen MR) is 112 cm³/mol. The minimum Gasteiger partial charge on any atom is -0.484 e. The highest BCUT2D eigenvalue weighted by Crippen LogP contribution is 2.12. The van der Waals surface area contributed by atoms with Gasteiger partial charge < -0.3 is 21.1 Å². The summed E-state index contributed by atoms with van der Waals surface area (Å²) in [7, 11) is 1.73. The van der Waals surface area contributed by atoms with E-state index in [4.69, 9.17) is 10.5 Å². The van der Waals surface area contributed by atoms with Crippen molar-refractivity contribution in [1.82, 2.24) is 20.4 Å². The molecule has 0 saturated heterocycles. The van der Waals surface area contributed by atoms with Crippen molar-refractivity contribution in [3.63, 3.8) is 0 Å². The van der Waals surface area contributed by atoms with Gasteiger partial charge in [-0.05, 0) is 30.2 Å². The van der Waals surface area contributed by atoms with Crippen molar-refractivity contribution in [2.45, 2.75) is 19.5 Å². The number of nitrogens with one attached hydrogen (secondary N) is 2. The Kier molecular flexibility index (Phi) is 10.1. The highest BCUT2D eigenvalue weighted by atomic mass is 127. The van der Waals surface area contributed by atoms with Crippen LogP contribution in [0.2, 0.25) is 0 Å². The number of aliphatic imine (C=N–C) groups is 1. The second-order valence-electron chi connectivity index (χ2n) is 5.38. The van der Waals surface area contributed by atoms with Gasteiger partial charge in [0.25, 0.3) is 5.91 Å². The van der Waals surface area contributed by atoms with Crippen LogP contribution in [0.5, 0.6) is 5.75 Å². The standard InChI is InChI=1S/C17H24N6O2.HI/c1-19-17(20-7-3-9-23-10-4-8-22-23)21-12-14-5-2-6-15(11-14)25-13-16(18)24;/h2,4-6,8,10-11H,3,7,9,12-13H2,1H3,(H2,18,24)(H2,19,20,21);1H. The van der Waals surface area contributed by atoms with Crippen LogP contribution < -0.4 is 21.1 Å². The normalized spacial score (nSPS) is 10.7. The Morgan fingerprint density at radius 2 is 2.19 bits per heavy atom. The van der Waals surface area contributed by atoms with Gasteiger partial charge in [-0.3, -0.25) is 14.5 Å². The number of rotatable bonds is 9. The molecule has 4 N–H and O–H groups in total. The number of carbonyl (C=O) groups is 1. The second-order valence-corrected chi connectivity index (χ2v) is 5.38. The molecular formula is C17H25IN6O2. The van der Waals surface area contributed by atoms with Crippen molar-refractivity contribution in [2.75, 3.05) is 20.2 Å². The summed E-state index contributed by atoms with van der Waals surface area (Å²) in [4.78, 5) is 15.0. The van der Waals surface area contributed by atoms with E-state index in [9.17, 15) is 4.79 Å². The molecular weight excluding hydrogens is 447 g/mol. The highest BCUT2D eigenvalue weighted by molar-refractivity contribution is 14.0. The van der Waals surface area contributed by atoms with E-state index in [1.807, 2.05) is 35.1 Å². The first-order chi connectivity index (χ1) is 12.2. The zero-order valence-corrected chi connectivity index (χ0v) is 17.1. The molecule has 1 aromatic heterocycles. The zero-order chi connectivity index (χ0) is 17.9. The summed E-state index contributed by atoms with van der Waals surface area (Å²) < 4.78 is 7.20. The number of hydrogen-bond acceptors (Lipinski definition) is 4. The summed E-state index contributed by atoms with van der Waals surface area (Å²) >= 11 is 0. The monoisotopic (exact) mass is 472 g/mol. The van der Waals surface area contributed by atoms with Crippen LogP contribution in [0.4, 0.5) is 0 Å².